The topological polar surface area (TPSA) is 29.9 Å². The Morgan fingerprint density at radius 2 is 1.90 bits per heavy atom. The first kappa shape index (κ1) is 15.4. The fourth-order valence-electron chi connectivity index (χ4n) is 3.30. The molecule has 1 fully saturated rings. The van der Waals surface area contributed by atoms with E-state index in [1.54, 1.807) is 0 Å². The van der Waals surface area contributed by atoms with Gasteiger partial charge in [-0.3, -0.25) is 4.68 Å². The van der Waals surface area contributed by atoms with E-state index in [2.05, 4.69) is 23.5 Å². The van der Waals surface area contributed by atoms with Crippen molar-refractivity contribution in [2.24, 2.45) is 11.8 Å². The van der Waals surface area contributed by atoms with E-state index in [1.807, 2.05) is 17.8 Å². The Morgan fingerprint density at radius 3 is 2.60 bits per heavy atom. The Labute approximate surface area is 124 Å². The van der Waals surface area contributed by atoms with Crippen LogP contribution in [0.4, 0.5) is 5.82 Å². The van der Waals surface area contributed by atoms with E-state index < -0.39 is 0 Å². The van der Waals surface area contributed by atoms with Crippen LogP contribution >= 0.6 is 0 Å². The lowest BCUT2D eigenvalue weighted by Crippen LogP contribution is -2.12. The first-order valence-corrected chi connectivity index (χ1v) is 8.49. The summed E-state index contributed by atoms with van der Waals surface area (Å²) in [5.41, 5.74) is 0. The van der Waals surface area contributed by atoms with Crippen molar-refractivity contribution in [1.29, 1.82) is 0 Å². The molecule has 1 aliphatic rings. The molecule has 1 aliphatic carbocycles. The van der Waals surface area contributed by atoms with Crippen LogP contribution in [0.25, 0.3) is 0 Å². The molecule has 20 heavy (non-hydrogen) atoms. The van der Waals surface area contributed by atoms with Crippen molar-refractivity contribution in [2.45, 2.75) is 71.3 Å². The van der Waals surface area contributed by atoms with Crippen LogP contribution in [0.3, 0.4) is 0 Å². The Morgan fingerprint density at radius 1 is 1.15 bits per heavy atom. The first-order chi connectivity index (χ1) is 9.78. The number of nitrogens with zero attached hydrogens (tertiary/aromatic N) is 2. The standard InChI is InChI=1S/C17H31N3/c1-15-8-10-16(11-9-15)7-5-3-4-6-13-20-14-12-17(18-2)19-20/h12,14-16H,3-11,13H2,1-2H3,(H,18,19). The van der Waals surface area contributed by atoms with Crippen LogP contribution in [-0.2, 0) is 6.54 Å². The Hall–Kier alpha value is -0.990. The first-order valence-electron chi connectivity index (χ1n) is 8.49. The molecule has 114 valence electrons. The number of rotatable bonds is 8. The average Bonchev–Trinajstić information content (AvgIpc) is 2.92. The summed E-state index contributed by atoms with van der Waals surface area (Å²) in [6.07, 6.45) is 14.9. The van der Waals surface area contributed by atoms with Gasteiger partial charge in [-0.25, -0.2) is 0 Å². The zero-order valence-corrected chi connectivity index (χ0v) is 13.3. The van der Waals surface area contributed by atoms with Gasteiger partial charge in [0, 0.05) is 25.9 Å². The summed E-state index contributed by atoms with van der Waals surface area (Å²) < 4.78 is 2.05. The van der Waals surface area contributed by atoms with Crippen molar-refractivity contribution in [1.82, 2.24) is 9.78 Å². The predicted octanol–water partition coefficient (Wildman–Crippen LogP) is 4.70. The van der Waals surface area contributed by atoms with E-state index in [9.17, 15) is 0 Å². The van der Waals surface area contributed by atoms with Gasteiger partial charge in [-0.15, -0.1) is 0 Å². The van der Waals surface area contributed by atoms with E-state index in [-0.39, 0.29) is 0 Å². The molecule has 0 spiro atoms. The highest BCUT2D eigenvalue weighted by atomic mass is 15.3. The number of unbranched alkanes of at least 4 members (excludes halogenated alkanes) is 3. The fraction of sp³-hybridized carbons (Fsp3) is 0.824. The van der Waals surface area contributed by atoms with Crippen molar-refractivity contribution in [3.8, 4) is 0 Å². The third-order valence-electron chi connectivity index (χ3n) is 4.78. The van der Waals surface area contributed by atoms with Crippen LogP contribution in [0.1, 0.15) is 64.7 Å². The summed E-state index contributed by atoms with van der Waals surface area (Å²) in [6.45, 7) is 3.47. The van der Waals surface area contributed by atoms with Crippen LogP contribution in [0.15, 0.2) is 12.3 Å². The van der Waals surface area contributed by atoms with Gasteiger partial charge in [0.25, 0.3) is 0 Å². The molecule has 1 heterocycles. The second kappa shape index (κ2) is 8.33. The summed E-state index contributed by atoms with van der Waals surface area (Å²) in [6, 6.07) is 2.03. The van der Waals surface area contributed by atoms with Gasteiger partial charge in [-0.05, 0) is 18.3 Å². The number of aromatic nitrogens is 2. The smallest absolute Gasteiger partial charge is 0.147 e. The molecule has 2 rings (SSSR count). The summed E-state index contributed by atoms with van der Waals surface area (Å²) >= 11 is 0. The molecule has 3 nitrogen and oxygen atoms in total. The molecule has 0 unspecified atom stereocenters. The summed E-state index contributed by atoms with van der Waals surface area (Å²) in [4.78, 5) is 0. The number of aryl methyl sites for hydroxylation is 1. The zero-order valence-electron chi connectivity index (χ0n) is 13.3. The quantitative estimate of drug-likeness (QED) is 0.698. The molecule has 0 aliphatic heterocycles. The normalized spacial score (nSPS) is 22.9. The molecule has 0 atom stereocenters. The SMILES string of the molecule is CNc1ccn(CCCCCCC2CCC(C)CC2)n1. The Bertz CT molecular complexity index is 364. The minimum Gasteiger partial charge on any atom is -0.372 e. The van der Waals surface area contributed by atoms with E-state index in [1.165, 1.54) is 57.8 Å². The molecule has 0 saturated heterocycles. The minimum atomic E-state index is 0.969. The maximum absolute atomic E-state index is 4.43. The van der Waals surface area contributed by atoms with Crippen LogP contribution in [0.5, 0.6) is 0 Å². The van der Waals surface area contributed by atoms with Crippen LogP contribution in [-0.4, -0.2) is 16.8 Å². The summed E-state index contributed by atoms with van der Waals surface area (Å²) in [5.74, 6) is 3.00. The number of nitrogens with one attached hydrogen (secondary N) is 1. The minimum absolute atomic E-state index is 0.969. The maximum Gasteiger partial charge on any atom is 0.147 e. The molecule has 1 aromatic heterocycles. The zero-order chi connectivity index (χ0) is 14.2. The van der Waals surface area contributed by atoms with Crippen molar-refractivity contribution in [3.63, 3.8) is 0 Å². The maximum atomic E-state index is 4.43. The van der Waals surface area contributed by atoms with Gasteiger partial charge < -0.3 is 5.32 Å². The lowest BCUT2D eigenvalue weighted by Gasteiger charge is -2.26. The number of hydrogen-bond acceptors (Lipinski definition) is 2. The average molecular weight is 277 g/mol. The van der Waals surface area contributed by atoms with E-state index >= 15 is 0 Å². The highest BCUT2D eigenvalue weighted by molar-refractivity contribution is 5.30. The van der Waals surface area contributed by atoms with Gasteiger partial charge in [-0.2, -0.15) is 5.10 Å². The highest BCUT2D eigenvalue weighted by Gasteiger charge is 2.17. The third kappa shape index (κ3) is 5.18. The molecule has 0 amide bonds. The summed E-state index contributed by atoms with van der Waals surface area (Å²) in [7, 11) is 1.92. The number of anilines is 1. The lowest BCUT2D eigenvalue weighted by molar-refractivity contribution is 0.271. The Balaban J connectivity index is 1.47. The third-order valence-corrected chi connectivity index (χ3v) is 4.78. The highest BCUT2D eigenvalue weighted by Crippen LogP contribution is 2.31. The van der Waals surface area contributed by atoms with Crippen molar-refractivity contribution in [2.75, 3.05) is 12.4 Å². The molecule has 0 bridgehead atoms. The van der Waals surface area contributed by atoms with Gasteiger partial charge in [0.05, 0.1) is 0 Å². The Kier molecular flexibility index (Phi) is 6.41. The summed E-state index contributed by atoms with van der Waals surface area (Å²) in [5, 5.41) is 7.50. The van der Waals surface area contributed by atoms with Gasteiger partial charge in [-0.1, -0.05) is 58.3 Å². The monoisotopic (exact) mass is 277 g/mol. The van der Waals surface area contributed by atoms with Gasteiger partial charge in [0.15, 0.2) is 0 Å². The van der Waals surface area contributed by atoms with E-state index in [0.29, 0.717) is 0 Å². The van der Waals surface area contributed by atoms with E-state index in [4.69, 9.17) is 0 Å². The van der Waals surface area contributed by atoms with Gasteiger partial charge in [0.1, 0.15) is 5.82 Å². The largest absolute Gasteiger partial charge is 0.372 e. The van der Waals surface area contributed by atoms with Crippen molar-refractivity contribution in [3.05, 3.63) is 12.3 Å². The molecule has 1 aromatic rings. The molecule has 0 aromatic carbocycles. The molecular formula is C17H31N3. The molecule has 1 saturated carbocycles. The van der Waals surface area contributed by atoms with Gasteiger partial charge >= 0.3 is 0 Å². The van der Waals surface area contributed by atoms with E-state index in [0.717, 1.165) is 24.2 Å². The second-order valence-corrected chi connectivity index (χ2v) is 6.54. The molecule has 3 heteroatoms. The van der Waals surface area contributed by atoms with Gasteiger partial charge in [0.2, 0.25) is 0 Å². The molecular weight excluding hydrogens is 246 g/mol. The second-order valence-electron chi connectivity index (χ2n) is 6.54. The fourth-order valence-corrected chi connectivity index (χ4v) is 3.30. The van der Waals surface area contributed by atoms with Crippen LogP contribution in [0.2, 0.25) is 0 Å². The van der Waals surface area contributed by atoms with Crippen molar-refractivity contribution >= 4 is 5.82 Å². The number of hydrogen-bond donors (Lipinski definition) is 1. The molecule has 0 radical (unpaired) electrons. The van der Waals surface area contributed by atoms with Crippen LogP contribution in [0, 0.1) is 11.8 Å². The van der Waals surface area contributed by atoms with Crippen molar-refractivity contribution < 1.29 is 0 Å². The van der Waals surface area contributed by atoms with Crippen LogP contribution < -0.4 is 5.32 Å². The lowest BCUT2D eigenvalue weighted by atomic mass is 9.80. The molecule has 1 N–H and O–H groups in total. The predicted molar refractivity (Wildman–Crippen MR) is 86.0 cm³/mol.